The van der Waals surface area contributed by atoms with E-state index in [1.165, 1.54) is 5.69 Å². The number of aryl methyl sites for hydroxylation is 2. The summed E-state index contributed by atoms with van der Waals surface area (Å²) < 4.78 is 3.21. The van der Waals surface area contributed by atoms with E-state index in [0.29, 0.717) is 33.8 Å². The van der Waals surface area contributed by atoms with E-state index < -0.39 is 11.9 Å². The summed E-state index contributed by atoms with van der Waals surface area (Å²) >= 11 is 0. The summed E-state index contributed by atoms with van der Waals surface area (Å²) in [5.41, 5.74) is 7.10. The zero-order valence-electron chi connectivity index (χ0n) is 35.4. The maximum atomic E-state index is 13.5. The van der Waals surface area contributed by atoms with Crippen LogP contribution in [0.25, 0.3) is 22.1 Å². The van der Waals surface area contributed by atoms with E-state index >= 15 is 0 Å². The van der Waals surface area contributed by atoms with Crippen molar-refractivity contribution in [3.8, 4) is 0 Å². The Labute approximate surface area is 363 Å². The van der Waals surface area contributed by atoms with Crippen molar-refractivity contribution >= 4 is 62.7 Å². The minimum Gasteiger partial charge on any atom is -0.371 e. The molecule has 1 saturated carbocycles. The number of imidazole rings is 1. The molecule has 3 aliphatic heterocycles. The van der Waals surface area contributed by atoms with E-state index in [4.69, 9.17) is 4.98 Å². The van der Waals surface area contributed by atoms with E-state index in [2.05, 4.69) is 85.6 Å². The molecule has 7 heterocycles. The second-order valence-electron chi connectivity index (χ2n) is 17.4. The summed E-state index contributed by atoms with van der Waals surface area (Å²) in [5.74, 6) is 0.244. The highest BCUT2D eigenvalue weighted by atomic mass is 16.2. The van der Waals surface area contributed by atoms with Crippen molar-refractivity contribution in [2.75, 3.05) is 60.9 Å². The fourth-order valence-electron chi connectivity index (χ4n) is 9.47. The first-order valence-electron chi connectivity index (χ1n) is 21.9. The van der Waals surface area contributed by atoms with Gasteiger partial charge in [-0.25, -0.2) is 19.9 Å². The SMILES string of the molecule is Cc1cccc(C(=O)NC2CC(n3cnc4c(Nc5ccc(N6CCN(CC7CCN(c8ccc9nnn(C%10CCC(=O)NC%10=O)c(=O)c9c8)CC7)CC6)cc5C)ncnc43)C2)n1. The minimum atomic E-state index is -0.845. The predicted molar refractivity (Wildman–Crippen MR) is 237 cm³/mol. The first-order chi connectivity index (χ1) is 30.6. The van der Waals surface area contributed by atoms with Crippen LogP contribution in [0.1, 0.15) is 72.4 Å². The molecule has 0 spiro atoms. The number of imide groups is 1. The Balaban J connectivity index is 0.702. The lowest BCUT2D eigenvalue weighted by molar-refractivity contribution is -0.136. The van der Waals surface area contributed by atoms with Gasteiger partial charge in [-0.05, 0) is 106 Å². The summed E-state index contributed by atoms with van der Waals surface area (Å²) in [6, 6.07) is 17.1. The number of benzene rings is 2. The van der Waals surface area contributed by atoms with Crippen LogP contribution in [0.4, 0.5) is 22.9 Å². The number of amides is 3. The molecule has 18 nitrogen and oxygen atoms in total. The zero-order valence-corrected chi connectivity index (χ0v) is 35.4. The Morgan fingerprint density at radius 2 is 1.63 bits per heavy atom. The van der Waals surface area contributed by atoms with Gasteiger partial charge in [-0.3, -0.25) is 29.4 Å². The molecule has 2 aromatic carbocycles. The molecule has 4 aromatic heterocycles. The van der Waals surface area contributed by atoms with Crippen LogP contribution in [0.15, 0.2) is 72.0 Å². The summed E-state index contributed by atoms with van der Waals surface area (Å²) in [5, 5.41) is 17.6. The topological polar surface area (TPSA) is 201 Å². The van der Waals surface area contributed by atoms with Crippen LogP contribution in [-0.4, -0.2) is 114 Å². The molecule has 0 radical (unpaired) electrons. The lowest BCUT2D eigenvalue weighted by atomic mass is 9.86. The molecular weight excluding hydrogens is 801 g/mol. The van der Waals surface area contributed by atoms with E-state index in [0.717, 1.165) is 104 Å². The average Bonchev–Trinajstić information content (AvgIpc) is 3.71. The molecule has 3 amide bonds. The maximum absolute atomic E-state index is 13.5. The van der Waals surface area contributed by atoms with E-state index in [1.807, 2.05) is 43.6 Å². The Bertz CT molecular complexity index is 2780. The lowest BCUT2D eigenvalue weighted by Crippen LogP contribution is -2.49. The van der Waals surface area contributed by atoms with Crippen molar-refractivity contribution in [1.29, 1.82) is 0 Å². The number of carbonyl (C=O) groups excluding carboxylic acids is 3. The highest BCUT2D eigenvalue weighted by Crippen LogP contribution is 2.36. The van der Waals surface area contributed by atoms with E-state index in [9.17, 15) is 19.2 Å². The molecule has 1 unspecified atom stereocenters. The fraction of sp³-hybridized carbons (Fsp3) is 0.422. The van der Waals surface area contributed by atoms with Crippen molar-refractivity contribution in [1.82, 2.24) is 55.0 Å². The van der Waals surface area contributed by atoms with Gasteiger partial charge >= 0.3 is 0 Å². The molecule has 10 rings (SSSR count). The van der Waals surface area contributed by atoms with Crippen molar-refractivity contribution in [3.05, 3.63) is 94.6 Å². The van der Waals surface area contributed by atoms with E-state index in [1.54, 1.807) is 12.4 Å². The number of aromatic nitrogens is 8. The molecule has 4 aliphatic rings. The van der Waals surface area contributed by atoms with Crippen molar-refractivity contribution < 1.29 is 14.4 Å². The Morgan fingerprint density at radius 1 is 0.857 bits per heavy atom. The molecule has 63 heavy (non-hydrogen) atoms. The Hall–Kier alpha value is -6.82. The molecule has 324 valence electrons. The van der Waals surface area contributed by atoms with Gasteiger partial charge in [-0.15, -0.1) is 5.10 Å². The highest BCUT2D eigenvalue weighted by Gasteiger charge is 2.34. The number of anilines is 4. The molecular formula is C45H50N14O4. The minimum absolute atomic E-state index is 0.0679. The summed E-state index contributed by atoms with van der Waals surface area (Å²) in [4.78, 5) is 75.8. The highest BCUT2D eigenvalue weighted by molar-refractivity contribution is 5.99. The molecule has 1 atom stereocenters. The molecule has 6 aromatic rings. The van der Waals surface area contributed by atoms with Gasteiger partial charge in [0.15, 0.2) is 17.0 Å². The number of fused-ring (bicyclic) bond motifs is 2. The van der Waals surface area contributed by atoms with Gasteiger partial charge in [0.25, 0.3) is 17.4 Å². The van der Waals surface area contributed by atoms with Crippen LogP contribution in [0.3, 0.4) is 0 Å². The summed E-state index contributed by atoms with van der Waals surface area (Å²) in [7, 11) is 0. The number of nitrogens with zero attached hydrogens (tertiary/aromatic N) is 11. The molecule has 3 saturated heterocycles. The molecule has 1 aliphatic carbocycles. The van der Waals surface area contributed by atoms with Gasteiger partial charge in [0, 0.05) is 87.1 Å². The first-order valence-corrected chi connectivity index (χ1v) is 21.9. The Kier molecular flexibility index (Phi) is 10.7. The van der Waals surface area contributed by atoms with Crippen LogP contribution in [0, 0.1) is 19.8 Å². The number of hydrogen-bond acceptors (Lipinski definition) is 14. The third kappa shape index (κ3) is 8.17. The van der Waals surface area contributed by atoms with Gasteiger partial charge in [-0.2, -0.15) is 4.68 Å². The van der Waals surface area contributed by atoms with Crippen LogP contribution in [-0.2, 0) is 9.59 Å². The molecule has 4 fully saturated rings. The number of rotatable bonds is 10. The second-order valence-corrected chi connectivity index (χ2v) is 17.4. The third-order valence-electron chi connectivity index (χ3n) is 13.2. The number of piperidine rings is 2. The zero-order chi connectivity index (χ0) is 43.2. The maximum Gasteiger partial charge on any atom is 0.278 e. The van der Waals surface area contributed by atoms with Crippen molar-refractivity contribution in [3.63, 3.8) is 0 Å². The number of piperazine rings is 1. The van der Waals surface area contributed by atoms with Crippen LogP contribution < -0.4 is 31.3 Å². The van der Waals surface area contributed by atoms with Crippen molar-refractivity contribution in [2.24, 2.45) is 5.92 Å². The normalized spacial score (nSPS) is 21.1. The second kappa shape index (κ2) is 16.8. The van der Waals surface area contributed by atoms with Crippen LogP contribution >= 0.6 is 0 Å². The van der Waals surface area contributed by atoms with Gasteiger partial charge in [0.2, 0.25) is 5.91 Å². The van der Waals surface area contributed by atoms with Gasteiger partial charge in [0.1, 0.15) is 23.6 Å². The quantitative estimate of drug-likeness (QED) is 0.168. The number of carbonyl (C=O) groups is 3. The predicted octanol–water partition coefficient (Wildman–Crippen LogP) is 3.84. The Morgan fingerprint density at radius 3 is 2.41 bits per heavy atom. The summed E-state index contributed by atoms with van der Waals surface area (Å²) in [6.45, 7) is 10.8. The van der Waals surface area contributed by atoms with E-state index in [-0.39, 0.29) is 42.3 Å². The average molecular weight is 851 g/mol. The smallest absolute Gasteiger partial charge is 0.278 e. The molecule has 0 bridgehead atoms. The number of pyridine rings is 1. The van der Waals surface area contributed by atoms with Gasteiger partial charge < -0.3 is 25.0 Å². The first kappa shape index (κ1) is 40.3. The molecule has 3 N–H and O–H groups in total. The lowest BCUT2D eigenvalue weighted by Gasteiger charge is -2.40. The largest absolute Gasteiger partial charge is 0.371 e. The third-order valence-corrected chi connectivity index (χ3v) is 13.2. The number of hydrogen-bond donors (Lipinski definition) is 3. The van der Waals surface area contributed by atoms with Crippen molar-refractivity contribution in [2.45, 2.75) is 70.5 Å². The monoisotopic (exact) mass is 850 g/mol. The summed E-state index contributed by atoms with van der Waals surface area (Å²) in [6.07, 6.45) is 7.49. The van der Waals surface area contributed by atoms with Crippen LogP contribution in [0.5, 0.6) is 0 Å². The fourth-order valence-corrected chi connectivity index (χ4v) is 9.47. The van der Waals surface area contributed by atoms with Gasteiger partial charge in [0.05, 0.1) is 11.7 Å². The van der Waals surface area contributed by atoms with Gasteiger partial charge in [-0.1, -0.05) is 11.3 Å². The standard InChI is InChI=1S/C45H50N14O4/c1-27-20-31(6-8-35(27)51-41-40-42(47-25-46-41)58(26-48-40)33-21-30(22-33)50-43(61)37-5-3-4-28(2)49-37)57-18-16-55(17-19-57)24-29-12-14-56(15-13-29)32-7-9-36-34(23-32)45(63)59(54-53-36)38-10-11-39(60)52-44(38)62/h3-9,20,23,25-26,29-30,33,38H,10-19,21-22,24H2,1-2H3,(H,50,61)(H,46,47,51)(H,52,60,62). The molecule has 18 heteroatoms. The number of nitrogens with one attached hydrogen (secondary N) is 3. The van der Waals surface area contributed by atoms with Crippen LogP contribution in [0.2, 0.25) is 0 Å².